The first-order valence-electron chi connectivity index (χ1n) is 7.19. The van der Waals surface area contributed by atoms with E-state index in [0.29, 0.717) is 0 Å². The van der Waals surface area contributed by atoms with Crippen molar-refractivity contribution in [3.05, 3.63) is 30.6 Å². The number of anilines is 2. The molecule has 1 unspecified atom stereocenters. The number of pyridine rings is 1. The smallest absolute Gasteiger partial charge is 0.244 e. The number of fused-ring (bicyclic) bond motifs is 1. The number of benzene rings is 1. The monoisotopic (exact) mass is 284 g/mol. The molecule has 1 aliphatic rings. The maximum absolute atomic E-state index is 12.3. The fourth-order valence-electron chi connectivity index (χ4n) is 3.04. The van der Waals surface area contributed by atoms with Crippen molar-refractivity contribution in [1.82, 2.24) is 9.88 Å². The first kappa shape index (κ1) is 13.7. The maximum Gasteiger partial charge on any atom is 0.244 e. The lowest BCUT2D eigenvalue weighted by molar-refractivity contribution is -0.129. The number of nitrogens with two attached hydrogens (primary N) is 1. The third-order valence-corrected chi connectivity index (χ3v) is 4.13. The Labute approximate surface area is 124 Å². The van der Waals surface area contributed by atoms with Crippen LogP contribution in [0.25, 0.3) is 10.8 Å². The standard InChI is InChI=1S/C16H20N4O/c1-19(2)16(21)14-4-3-9-20(14)13-6-5-11-10-18-8-7-12(11)15(13)17/h5-8,10,14H,3-4,9,17H2,1-2H3. The van der Waals surface area contributed by atoms with Gasteiger partial charge in [-0.3, -0.25) is 9.78 Å². The van der Waals surface area contributed by atoms with E-state index in [9.17, 15) is 4.79 Å². The molecule has 110 valence electrons. The van der Waals surface area contributed by atoms with Crippen LogP contribution in [0.5, 0.6) is 0 Å². The van der Waals surface area contributed by atoms with E-state index in [-0.39, 0.29) is 11.9 Å². The van der Waals surface area contributed by atoms with Crippen LogP contribution in [-0.2, 0) is 4.79 Å². The molecule has 1 amide bonds. The van der Waals surface area contributed by atoms with Crippen molar-refractivity contribution in [3.8, 4) is 0 Å². The van der Waals surface area contributed by atoms with Crippen LogP contribution in [0.15, 0.2) is 30.6 Å². The van der Waals surface area contributed by atoms with E-state index >= 15 is 0 Å². The molecule has 1 aromatic heterocycles. The number of rotatable bonds is 2. The van der Waals surface area contributed by atoms with Crippen molar-refractivity contribution in [3.63, 3.8) is 0 Å². The number of nitrogen functional groups attached to an aromatic ring is 1. The number of hydrogen-bond donors (Lipinski definition) is 1. The van der Waals surface area contributed by atoms with Crippen LogP contribution < -0.4 is 10.6 Å². The lowest BCUT2D eigenvalue weighted by Crippen LogP contribution is -2.43. The van der Waals surface area contributed by atoms with Crippen LogP contribution in [0, 0.1) is 0 Å². The average Bonchev–Trinajstić information content (AvgIpc) is 2.96. The predicted octanol–water partition coefficient (Wildman–Crippen LogP) is 1.87. The molecular weight excluding hydrogens is 264 g/mol. The topological polar surface area (TPSA) is 62.5 Å². The zero-order valence-corrected chi connectivity index (χ0v) is 12.4. The molecular formula is C16H20N4O. The van der Waals surface area contributed by atoms with Crippen LogP contribution in [-0.4, -0.2) is 42.5 Å². The molecule has 2 heterocycles. The molecule has 2 aromatic rings. The fraction of sp³-hybridized carbons (Fsp3) is 0.375. The van der Waals surface area contributed by atoms with Crippen LogP contribution in [0.1, 0.15) is 12.8 Å². The van der Waals surface area contributed by atoms with Crippen molar-refractivity contribution in [2.75, 3.05) is 31.3 Å². The van der Waals surface area contributed by atoms with Gasteiger partial charge in [0.25, 0.3) is 0 Å². The van der Waals surface area contributed by atoms with Gasteiger partial charge >= 0.3 is 0 Å². The largest absolute Gasteiger partial charge is 0.397 e. The van der Waals surface area contributed by atoms with Crippen molar-refractivity contribution in [2.45, 2.75) is 18.9 Å². The number of amides is 1. The van der Waals surface area contributed by atoms with Crippen LogP contribution >= 0.6 is 0 Å². The molecule has 0 aliphatic carbocycles. The van der Waals surface area contributed by atoms with Gasteiger partial charge in [-0.05, 0) is 25.0 Å². The molecule has 0 bridgehead atoms. The highest BCUT2D eigenvalue weighted by Crippen LogP contribution is 2.35. The van der Waals surface area contributed by atoms with Gasteiger partial charge in [0.05, 0.1) is 11.4 Å². The van der Waals surface area contributed by atoms with E-state index < -0.39 is 0 Å². The molecule has 0 spiro atoms. The first-order chi connectivity index (χ1) is 10.1. The summed E-state index contributed by atoms with van der Waals surface area (Å²) in [6.07, 6.45) is 5.44. The molecule has 21 heavy (non-hydrogen) atoms. The summed E-state index contributed by atoms with van der Waals surface area (Å²) in [4.78, 5) is 20.2. The minimum absolute atomic E-state index is 0.110. The molecule has 2 N–H and O–H groups in total. The summed E-state index contributed by atoms with van der Waals surface area (Å²) in [5, 5.41) is 2.01. The van der Waals surface area contributed by atoms with Crippen LogP contribution in [0.3, 0.4) is 0 Å². The molecule has 1 saturated heterocycles. The number of nitrogens with zero attached hydrogens (tertiary/aromatic N) is 3. The summed E-state index contributed by atoms with van der Waals surface area (Å²) >= 11 is 0. The zero-order chi connectivity index (χ0) is 15.0. The summed E-state index contributed by atoms with van der Waals surface area (Å²) in [7, 11) is 3.60. The van der Waals surface area contributed by atoms with Gasteiger partial charge in [-0.1, -0.05) is 6.07 Å². The van der Waals surface area contributed by atoms with E-state index in [0.717, 1.165) is 41.5 Å². The number of carbonyl (C=O) groups excluding carboxylic acids is 1. The molecule has 1 aliphatic heterocycles. The normalized spacial score (nSPS) is 18.2. The SMILES string of the molecule is CN(C)C(=O)C1CCCN1c1ccc2cnccc2c1N. The minimum atomic E-state index is -0.110. The Morgan fingerprint density at radius 2 is 2.19 bits per heavy atom. The van der Waals surface area contributed by atoms with Crippen LogP contribution in [0.2, 0.25) is 0 Å². The van der Waals surface area contributed by atoms with Crippen molar-refractivity contribution in [2.24, 2.45) is 0 Å². The lowest BCUT2D eigenvalue weighted by atomic mass is 10.1. The van der Waals surface area contributed by atoms with E-state index in [1.165, 1.54) is 0 Å². The van der Waals surface area contributed by atoms with Crippen molar-refractivity contribution < 1.29 is 4.79 Å². The summed E-state index contributed by atoms with van der Waals surface area (Å²) in [6, 6.07) is 5.83. The Bertz CT molecular complexity index is 683. The number of carbonyl (C=O) groups is 1. The van der Waals surface area contributed by atoms with Gasteiger partial charge in [-0.25, -0.2) is 0 Å². The van der Waals surface area contributed by atoms with Gasteiger partial charge in [0, 0.05) is 43.8 Å². The number of aromatic nitrogens is 1. The molecule has 1 fully saturated rings. The Morgan fingerprint density at radius 3 is 2.95 bits per heavy atom. The second-order valence-electron chi connectivity index (χ2n) is 5.68. The second-order valence-corrected chi connectivity index (χ2v) is 5.68. The molecule has 0 saturated carbocycles. The maximum atomic E-state index is 12.3. The number of likely N-dealkylation sites (N-methyl/N-ethyl adjacent to an activating group) is 1. The van der Waals surface area contributed by atoms with Gasteiger partial charge in [-0.2, -0.15) is 0 Å². The Morgan fingerprint density at radius 1 is 1.38 bits per heavy atom. The van der Waals surface area contributed by atoms with Gasteiger partial charge in [0.2, 0.25) is 5.91 Å². The highest BCUT2D eigenvalue weighted by Gasteiger charge is 2.32. The van der Waals surface area contributed by atoms with E-state index in [1.54, 1.807) is 25.2 Å². The Kier molecular flexibility index (Phi) is 3.41. The predicted molar refractivity (Wildman–Crippen MR) is 85.2 cm³/mol. The Hall–Kier alpha value is -2.30. The van der Waals surface area contributed by atoms with Crippen molar-refractivity contribution in [1.29, 1.82) is 0 Å². The third-order valence-electron chi connectivity index (χ3n) is 4.13. The number of hydrogen-bond acceptors (Lipinski definition) is 4. The second kappa shape index (κ2) is 5.24. The van der Waals surface area contributed by atoms with E-state index in [4.69, 9.17) is 5.73 Å². The Balaban J connectivity index is 2.03. The molecule has 1 aromatic carbocycles. The summed E-state index contributed by atoms with van der Waals surface area (Å²) in [5.74, 6) is 0.140. The minimum Gasteiger partial charge on any atom is -0.397 e. The average molecular weight is 284 g/mol. The fourth-order valence-corrected chi connectivity index (χ4v) is 3.04. The summed E-state index contributed by atoms with van der Waals surface area (Å²) in [6.45, 7) is 0.866. The molecule has 0 radical (unpaired) electrons. The quantitative estimate of drug-likeness (QED) is 0.855. The van der Waals surface area contributed by atoms with Gasteiger partial charge in [0.15, 0.2) is 0 Å². The van der Waals surface area contributed by atoms with Crippen molar-refractivity contribution >= 4 is 28.1 Å². The molecule has 1 atom stereocenters. The highest BCUT2D eigenvalue weighted by molar-refractivity contribution is 6.00. The zero-order valence-electron chi connectivity index (χ0n) is 12.4. The third kappa shape index (κ3) is 2.28. The lowest BCUT2D eigenvalue weighted by Gasteiger charge is -2.29. The molecule has 5 heteroatoms. The van der Waals surface area contributed by atoms with E-state index in [2.05, 4.69) is 9.88 Å². The first-order valence-corrected chi connectivity index (χ1v) is 7.19. The van der Waals surface area contributed by atoms with Gasteiger partial charge in [-0.15, -0.1) is 0 Å². The molecule has 3 rings (SSSR count). The highest BCUT2D eigenvalue weighted by atomic mass is 16.2. The van der Waals surface area contributed by atoms with Gasteiger partial charge in [0.1, 0.15) is 6.04 Å². The van der Waals surface area contributed by atoms with Crippen LogP contribution in [0.4, 0.5) is 11.4 Å². The summed E-state index contributed by atoms with van der Waals surface area (Å²) in [5.41, 5.74) is 8.02. The molecule has 5 nitrogen and oxygen atoms in total. The van der Waals surface area contributed by atoms with E-state index in [1.807, 2.05) is 24.4 Å². The summed E-state index contributed by atoms with van der Waals surface area (Å²) < 4.78 is 0. The van der Waals surface area contributed by atoms with Gasteiger partial charge < -0.3 is 15.5 Å².